The Hall–Kier alpha value is 0.130. The van der Waals surface area contributed by atoms with E-state index < -0.39 is 15.9 Å². The van der Waals surface area contributed by atoms with E-state index in [-0.39, 0.29) is 10.6 Å². The Balaban J connectivity index is 2.89. The van der Waals surface area contributed by atoms with Crippen LogP contribution in [0.15, 0.2) is 11.5 Å². The van der Waals surface area contributed by atoms with Crippen molar-refractivity contribution in [2.24, 2.45) is 0 Å². The average molecular weight is 227 g/mol. The summed E-state index contributed by atoms with van der Waals surface area (Å²) in [5, 5.41) is 10.2. The quantitative estimate of drug-likeness (QED) is 0.595. The largest absolute Gasteiger partial charge is 0.391 e. The number of rotatable bonds is 0. The number of hydrogen-bond acceptors (Lipinski definition) is 3. The average Bonchev–Trinajstić information content (AvgIpc) is 1.79. The first-order valence-electron chi connectivity index (χ1n) is 2.74. The molecule has 0 spiro atoms. The van der Waals surface area contributed by atoms with E-state index in [0.717, 1.165) is 5.41 Å². The number of halogens is 1. The van der Waals surface area contributed by atoms with Crippen LogP contribution in [0.4, 0.5) is 0 Å². The van der Waals surface area contributed by atoms with Crippen molar-refractivity contribution >= 4 is 25.8 Å². The highest BCUT2D eigenvalue weighted by Crippen LogP contribution is 2.16. The lowest BCUT2D eigenvalue weighted by atomic mass is 10.3. The van der Waals surface area contributed by atoms with Crippen LogP contribution in [0.25, 0.3) is 0 Å². The van der Waals surface area contributed by atoms with E-state index in [0.29, 0.717) is 0 Å². The fraction of sp³-hybridized carbons (Fsp3) is 0.600. The van der Waals surface area contributed by atoms with Gasteiger partial charge >= 0.3 is 0 Å². The van der Waals surface area contributed by atoms with Gasteiger partial charge in [0, 0.05) is 5.41 Å². The zero-order valence-electron chi connectivity index (χ0n) is 5.07. The highest BCUT2D eigenvalue weighted by Gasteiger charge is 2.24. The molecule has 1 N–H and O–H groups in total. The van der Waals surface area contributed by atoms with Crippen LogP contribution < -0.4 is 0 Å². The Bertz CT molecular complexity index is 244. The van der Waals surface area contributed by atoms with Crippen molar-refractivity contribution in [3.8, 4) is 0 Å². The third-order valence-electron chi connectivity index (χ3n) is 1.24. The number of aliphatic hydroxyl groups excluding tert-OH is 1. The van der Waals surface area contributed by atoms with Crippen molar-refractivity contribution in [2.75, 3.05) is 5.75 Å². The maximum atomic E-state index is 10.7. The maximum Gasteiger partial charge on any atom is 0.173 e. The van der Waals surface area contributed by atoms with Crippen LogP contribution in [-0.4, -0.2) is 30.2 Å². The van der Waals surface area contributed by atoms with Gasteiger partial charge < -0.3 is 5.11 Å². The second-order valence-electron chi connectivity index (χ2n) is 2.17. The van der Waals surface area contributed by atoms with Gasteiger partial charge in [-0.2, -0.15) is 0 Å². The maximum absolute atomic E-state index is 10.7. The van der Waals surface area contributed by atoms with Gasteiger partial charge in [-0.3, -0.25) is 0 Å². The molecule has 5 heteroatoms. The van der Waals surface area contributed by atoms with Gasteiger partial charge in [0.05, 0.1) is 16.7 Å². The highest BCUT2D eigenvalue weighted by molar-refractivity contribution is 9.09. The molecule has 10 heavy (non-hydrogen) atoms. The van der Waals surface area contributed by atoms with E-state index in [2.05, 4.69) is 15.9 Å². The number of alkyl halides is 1. The van der Waals surface area contributed by atoms with Crippen LogP contribution in [0.1, 0.15) is 0 Å². The summed E-state index contributed by atoms with van der Waals surface area (Å²) in [6, 6.07) is 0. The van der Waals surface area contributed by atoms with Crippen LogP contribution in [0.3, 0.4) is 0 Å². The van der Waals surface area contributed by atoms with Gasteiger partial charge in [-0.1, -0.05) is 22.0 Å². The molecule has 0 aromatic heterocycles. The minimum Gasteiger partial charge on any atom is -0.391 e. The summed E-state index contributed by atoms with van der Waals surface area (Å²) >= 11 is 3.10. The van der Waals surface area contributed by atoms with Gasteiger partial charge in [-0.05, 0) is 0 Å². The first-order chi connectivity index (χ1) is 4.51. The molecular weight excluding hydrogens is 220 g/mol. The van der Waals surface area contributed by atoms with Crippen molar-refractivity contribution in [3.63, 3.8) is 0 Å². The fourth-order valence-electron chi connectivity index (χ4n) is 0.709. The molecule has 0 saturated heterocycles. The van der Waals surface area contributed by atoms with Gasteiger partial charge in [-0.25, -0.2) is 8.42 Å². The van der Waals surface area contributed by atoms with E-state index in [4.69, 9.17) is 5.11 Å². The predicted molar refractivity (Wildman–Crippen MR) is 41.6 cm³/mol. The molecule has 1 aliphatic heterocycles. The van der Waals surface area contributed by atoms with Crippen LogP contribution in [0, 0.1) is 0 Å². The molecule has 0 unspecified atom stereocenters. The molecule has 1 rings (SSSR count). The molecule has 58 valence electrons. The molecule has 0 aromatic carbocycles. The second kappa shape index (κ2) is 2.64. The molecule has 0 fully saturated rings. The van der Waals surface area contributed by atoms with Crippen molar-refractivity contribution < 1.29 is 13.5 Å². The van der Waals surface area contributed by atoms with Gasteiger partial charge in [0.2, 0.25) is 0 Å². The van der Waals surface area contributed by atoms with Gasteiger partial charge in [-0.15, -0.1) is 0 Å². The number of hydrogen-bond donors (Lipinski definition) is 1. The van der Waals surface area contributed by atoms with Crippen LogP contribution in [0.5, 0.6) is 0 Å². The van der Waals surface area contributed by atoms with Crippen molar-refractivity contribution in [1.82, 2.24) is 0 Å². The van der Waals surface area contributed by atoms with Crippen LogP contribution in [0.2, 0.25) is 0 Å². The molecule has 0 radical (unpaired) electrons. The first kappa shape index (κ1) is 8.23. The molecule has 2 atom stereocenters. The Labute approximate surface area is 67.8 Å². The van der Waals surface area contributed by atoms with E-state index in [1.54, 1.807) is 0 Å². The molecule has 0 saturated carbocycles. The van der Waals surface area contributed by atoms with Crippen LogP contribution in [-0.2, 0) is 9.84 Å². The Morgan fingerprint density at radius 3 is 2.60 bits per heavy atom. The van der Waals surface area contributed by atoms with Crippen LogP contribution >= 0.6 is 15.9 Å². The lowest BCUT2D eigenvalue weighted by Gasteiger charge is -2.16. The normalized spacial score (nSPS) is 37.8. The van der Waals surface area contributed by atoms with Crippen molar-refractivity contribution in [1.29, 1.82) is 0 Å². The summed E-state index contributed by atoms with van der Waals surface area (Å²) in [6.45, 7) is 0. The van der Waals surface area contributed by atoms with E-state index in [1.165, 1.54) is 6.08 Å². The Morgan fingerprint density at radius 1 is 1.60 bits per heavy atom. The molecule has 0 aliphatic carbocycles. The summed E-state index contributed by atoms with van der Waals surface area (Å²) in [4.78, 5) is -0.226. The Kier molecular flexibility index (Phi) is 2.17. The zero-order valence-corrected chi connectivity index (χ0v) is 7.47. The number of sulfone groups is 1. The SMILES string of the molecule is O=S1(=O)C=C[C@H](Br)[C@@H](O)C1. The second-order valence-corrected chi connectivity index (χ2v) is 5.16. The predicted octanol–water partition coefficient (Wildman–Crippen LogP) is 0.0529. The van der Waals surface area contributed by atoms with Gasteiger partial charge in [0.15, 0.2) is 9.84 Å². The summed E-state index contributed by atoms with van der Waals surface area (Å²) in [7, 11) is -3.13. The fourth-order valence-corrected chi connectivity index (χ4v) is 2.70. The molecule has 0 aromatic rings. The minimum absolute atomic E-state index is 0.181. The summed E-state index contributed by atoms with van der Waals surface area (Å²) in [5.74, 6) is -0.181. The minimum atomic E-state index is -3.13. The molecule has 3 nitrogen and oxygen atoms in total. The third kappa shape index (κ3) is 1.81. The van der Waals surface area contributed by atoms with Gasteiger partial charge in [0.25, 0.3) is 0 Å². The lowest BCUT2D eigenvalue weighted by Crippen LogP contribution is -2.30. The number of aliphatic hydroxyl groups is 1. The summed E-state index contributed by atoms with van der Waals surface area (Å²) < 4.78 is 21.5. The summed E-state index contributed by atoms with van der Waals surface area (Å²) in [5.41, 5.74) is 0. The molecule has 0 bridgehead atoms. The molecule has 1 aliphatic rings. The third-order valence-corrected chi connectivity index (χ3v) is 3.53. The monoisotopic (exact) mass is 226 g/mol. The van der Waals surface area contributed by atoms with E-state index in [9.17, 15) is 8.42 Å². The standard InChI is InChI=1S/C5H7BrO3S/c6-4-1-2-10(8,9)3-5(4)7/h1-2,4-5,7H,3H2/t4-,5-/m0/s1. The Morgan fingerprint density at radius 2 is 2.20 bits per heavy atom. The first-order valence-corrected chi connectivity index (χ1v) is 5.37. The lowest BCUT2D eigenvalue weighted by molar-refractivity contribution is 0.206. The van der Waals surface area contributed by atoms with Crippen molar-refractivity contribution in [3.05, 3.63) is 11.5 Å². The van der Waals surface area contributed by atoms with E-state index in [1.807, 2.05) is 0 Å². The topological polar surface area (TPSA) is 54.4 Å². The molecular formula is C5H7BrO3S. The smallest absolute Gasteiger partial charge is 0.173 e. The molecule has 0 amide bonds. The van der Waals surface area contributed by atoms with E-state index >= 15 is 0 Å². The summed E-state index contributed by atoms with van der Waals surface area (Å²) in [6.07, 6.45) is 0.624. The zero-order chi connectivity index (χ0) is 7.78. The molecule has 1 heterocycles. The highest BCUT2D eigenvalue weighted by atomic mass is 79.9. The van der Waals surface area contributed by atoms with Crippen molar-refractivity contribution in [2.45, 2.75) is 10.9 Å². The van der Waals surface area contributed by atoms with Gasteiger partial charge in [0.1, 0.15) is 0 Å².